The van der Waals surface area contributed by atoms with Crippen molar-refractivity contribution in [2.45, 2.75) is 51.7 Å². The van der Waals surface area contributed by atoms with Crippen molar-refractivity contribution in [2.24, 2.45) is 0 Å². The Balaban J connectivity index is 2.12. The molecule has 5 nitrogen and oxygen atoms in total. The lowest BCUT2D eigenvalue weighted by Gasteiger charge is -2.33. The molecule has 1 N–H and O–H groups in total. The van der Waals surface area contributed by atoms with E-state index in [9.17, 15) is 14.7 Å². The first-order chi connectivity index (χ1) is 10.5. The Labute approximate surface area is 130 Å². The van der Waals surface area contributed by atoms with Crippen molar-refractivity contribution >= 4 is 11.9 Å². The Bertz CT molecular complexity index is 541. The summed E-state index contributed by atoms with van der Waals surface area (Å²) in [5.74, 6) is -0.374. The Hall–Kier alpha value is -2.04. The van der Waals surface area contributed by atoms with Crippen molar-refractivity contribution < 1.29 is 19.4 Å². The number of rotatable bonds is 5. The number of nitrogens with zero attached hydrogens (tertiary/aromatic N) is 1. The standard InChI is InChI=1S/C17H23NO4/c1-12(2)22-15-9-4-3-7-13(15)11-16(19)18-10-6-5-8-14(18)17(20)21/h3-4,7,9,12,14H,5-6,8,10-11H2,1-2H3,(H,20,21)/t14-/m1/s1. The maximum Gasteiger partial charge on any atom is 0.326 e. The Morgan fingerprint density at radius 2 is 2.05 bits per heavy atom. The van der Waals surface area contributed by atoms with E-state index in [-0.39, 0.29) is 18.4 Å². The number of para-hydroxylation sites is 1. The second kappa shape index (κ2) is 7.29. The molecule has 120 valence electrons. The van der Waals surface area contributed by atoms with E-state index >= 15 is 0 Å². The van der Waals surface area contributed by atoms with E-state index in [1.807, 2.05) is 38.1 Å². The number of benzene rings is 1. The average Bonchev–Trinajstić information content (AvgIpc) is 2.48. The van der Waals surface area contributed by atoms with E-state index in [4.69, 9.17) is 4.74 Å². The number of carbonyl (C=O) groups excluding carboxylic acids is 1. The summed E-state index contributed by atoms with van der Waals surface area (Å²) in [6.45, 7) is 4.39. The summed E-state index contributed by atoms with van der Waals surface area (Å²) in [4.78, 5) is 25.3. The number of carbonyl (C=O) groups is 2. The molecule has 0 aromatic heterocycles. The molecule has 0 spiro atoms. The summed E-state index contributed by atoms with van der Waals surface area (Å²) in [6, 6.07) is 6.73. The molecule has 0 saturated carbocycles. The molecule has 22 heavy (non-hydrogen) atoms. The third kappa shape index (κ3) is 4.00. The van der Waals surface area contributed by atoms with Crippen LogP contribution < -0.4 is 4.74 Å². The van der Waals surface area contributed by atoms with E-state index < -0.39 is 12.0 Å². The van der Waals surface area contributed by atoms with E-state index in [1.54, 1.807) is 0 Å². The van der Waals surface area contributed by atoms with Gasteiger partial charge in [-0.1, -0.05) is 18.2 Å². The van der Waals surface area contributed by atoms with Gasteiger partial charge in [0.2, 0.25) is 5.91 Å². The number of hydrogen-bond acceptors (Lipinski definition) is 3. The topological polar surface area (TPSA) is 66.8 Å². The van der Waals surface area contributed by atoms with E-state index in [0.29, 0.717) is 18.7 Å². The predicted octanol–water partition coefficient (Wildman–Crippen LogP) is 2.48. The fourth-order valence-electron chi connectivity index (χ4n) is 2.77. The van der Waals surface area contributed by atoms with Gasteiger partial charge in [-0.2, -0.15) is 0 Å². The van der Waals surface area contributed by atoms with Gasteiger partial charge in [-0.15, -0.1) is 0 Å². The zero-order chi connectivity index (χ0) is 16.1. The van der Waals surface area contributed by atoms with Gasteiger partial charge >= 0.3 is 5.97 Å². The highest BCUT2D eigenvalue weighted by Gasteiger charge is 2.32. The first-order valence-electron chi connectivity index (χ1n) is 7.76. The van der Waals surface area contributed by atoms with Crippen LogP contribution in [0, 0.1) is 0 Å². The molecule has 0 aliphatic carbocycles. The smallest absolute Gasteiger partial charge is 0.326 e. The first-order valence-corrected chi connectivity index (χ1v) is 7.76. The fraction of sp³-hybridized carbons (Fsp3) is 0.529. The maximum atomic E-state index is 12.5. The normalized spacial score (nSPS) is 18.3. The van der Waals surface area contributed by atoms with Crippen molar-refractivity contribution in [3.8, 4) is 5.75 Å². The lowest BCUT2D eigenvalue weighted by atomic mass is 10.0. The SMILES string of the molecule is CC(C)Oc1ccccc1CC(=O)N1CCCC[C@@H]1C(=O)O. The van der Waals surface area contributed by atoms with Gasteiger partial charge in [0, 0.05) is 12.1 Å². The molecule has 0 radical (unpaired) electrons. The molecule has 0 unspecified atom stereocenters. The molecular weight excluding hydrogens is 282 g/mol. The second-order valence-electron chi connectivity index (χ2n) is 5.89. The number of hydrogen-bond donors (Lipinski definition) is 1. The zero-order valence-electron chi connectivity index (χ0n) is 13.1. The number of aliphatic carboxylic acids is 1. The first kappa shape index (κ1) is 16.3. The van der Waals surface area contributed by atoms with Gasteiger partial charge in [0.05, 0.1) is 12.5 Å². The quantitative estimate of drug-likeness (QED) is 0.907. The van der Waals surface area contributed by atoms with Crippen LogP contribution in [0.5, 0.6) is 5.75 Å². The summed E-state index contributed by atoms with van der Waals surface area (Å²) in [6.07, 6.45) is 2.45. The highest BCUT2D eigenvalue weighted by molar-refractivity contribution is 5.85. The van der Waals surface area contributed by atoms with Crippen LogP contribution in [-0.2, 0) is 16.0 Å². The molecule has 1 amide bonds. The minimum Gasteiger partial charge on any atom is -0.491 e. The third-order valence-corrected chi connectivity index (χ3v) is 3.79. The molecule has 1 aromatic carbocycles. The monoisotopic (exact) mass is 305 g/mol. The van der Waals surface area contributed by atoms with Crippen LogP contribution in [0.15, 0.2) is 24.3 Å². The summed E-state index contributed by atoms with van der Waals surface area (Å²) in [5.41, 5.74) is 0.802. The van der Waals surface area contributed by atoms with Crippen LogP contribution in [0.1, 0.15) is 38.7 Å². The molecule has 1 aromatic rings. The number of ether oxygens (including phenoxy) is 1. The fourth-order valence-corrected chi connectivity index (χ4v) is 2.77. The van der Waals surface area contributed by atoms with Crippen LogP contribution in [0.4, 0.5) is 0 Å². The lowest BCUT2D eigenvalue weighted by Crippen LogP contribution is -2.48. The second-order valence-corrected chi connectivity index (χ2v) is 5.89. The number of amides is 1. The largest absolute Gasteiger partial charge is 0.491 e. The van der Waals surface area contributed by atoms with Crippen molar-refractivity contribution in [1.29, 1.82) is 0 Å². The van der Waals surface area contributed by atoms with Gasteiger partial charge in [0.1, 0.15) is 11.8 Å². The van der Waals surface area contributed by atoms with Crippen LogP contribution in [0.2, 0.25) is 0 Å². The van der Waals surface area contributed by atoms with Crippen molar-refractivity contribution in [3.63, 3.8) is 0 Å². The van der Waals surface area contributed by atoms with E-state index in [2.05, 4.69) is 0 Å². The lowest BCUT2D eigenvalue weighted by molar-refractivity contribution is -0.151. The van der Waals surface area contributed by atoms with Crippen molar-refractivity contribution in [2.75, 3.05) is 6.54 Å². The van der Waals surface area contributed by atoms with E-state index in [0.717, 1.165) is 18.4 Å². The van der Waals surface area contributed by atoms with Gasteiger partial charge in [-0.3, -0.25) is 4.79 Å². The third-order valence-electron chi connectivity index (χ3n) is 3.79. The molecule has 2 rings (SSSR count). The van der Waals surface area contributed by atoms with Crippen LogP contribution >= 0.6 is 0 Å². The predicted molar refractivity (Wildman–Crippen MR) is 82.9 cm³/mol. The highest BCUT2D eigenvalue weighted by Crippen LogP contribution is 2.23. The summed E-state index contributed by atoms with van der Waals surface area (Å²) in [7, 11) is 0. The summed E-state index contributed by atoms with van der Waals surface area (Å²) in [5, 5.41) is 9.28. The number of likely N-dealkylation sites (tertiary alicyclic amines) is 1. The molecule has 1 atom stereocenters. The number of carboxylic acid groups (broad SMARTS) is 1. The highest BCUT2D eigenvalue weighted by atomic mass is 16.5. The van der Waals surface area contributed by atoms with E-state index in [1.165, 1.54) is 4.90 Å². The Kier molecular flexibility index (Phi) is 5.41. The van der Waals surface area contributed by atoms with Crippen LogP contribution in [-0.4, -0.2) is 40.6 Å². The maximum absolute atomic E-state index is 12.5. The van der Waals surface area contributed by atoms with Crippen LogP contribution in [0.25, 0.3) is 0 Å². The van der Waals surface area contributed by atoms with Gasteiger partial charge in [-0.25, -0.2) is 4.79 Å². The van der Waals surface area contributed by atoms with Gasteiger partial charge in [0.15, 0.2) is 0 Å². The van der Waals surface area contributed by atoms with Gasteiger partial charge in [-0.05, 0) is 39.2 Å². The average molecular weight is 305 g/mol. The van der Waals surface area contributed by atoms with Gasteiger partial charge in [0.25, 0.3) is 0 Å². The minimum absolute atomic E-state index is 0.0259. The molecule has 1 heterocycles. The minimum atomic E-state index is -0.917. The molecule has 1 saturated heterocycles. The summed E-state index contributed by atoms with van der Waals surface area (Å²) >= 11 is 0. The molecule has 5 heteroatoms. The molecule has 0 bridgehead atoms. The summed E-state index contributed by atoms with van der Waals surface area (Å²) < 4.78 is 5.72. The number of carboxylic acids is 1. The number of piperidine rings is 1. The molecular formula is C17H23NO4. The van der Waals surface area contributed by atoms with Gasteiger partial charge < -0.3 is 14.7 Å². The Morgan fingerprint density at radius 1 is 1.32 bits per heavy atom. The molecule has 1 aliphatic rings. The zero-order valence-corrected chi connectivity index (χ0v) is 13.1. The van der Waals surface area contributed by atoms with Crippen molar-refractivity contribution in [3.05, 3.63) is 29.8 Å². The van der Waals surface area contributed by atoms with Crippen LogP contribution in [0.3, 0.4) is 0 Å². The molecule has 1 fully saturated rings. The Morgan fingerprint density at radius 3 is 2.73 bits per heavy atom. The molecule has 1 aliphatic heterocycles. The van der Waals surface area contributed by atoms with Crippen molar-refractivity contribution in [1.82, 2.24) is 4.90 Å².